The lowest BCUT2D eigenvalue weighted by molar-refractivity contribution is 0.00160. The second-order valence-corrected chi connectivity index (χ2v) is 6.46. The normalized spacial score (nSPS) is 32.4. The topological polar surface area (TPSA) is 35.9 Å². The zero-order valence-electron chi connectivity index (χ0n) is 12.0. The van der Waals surface area contributed by atoms with Crippen molar-refractivity contribution in [3.63, 3.8) is 0 Å². The fraction of sp³-hybridized carbons (Fsp3) is 1.00. The Kier molecular flexibility index (Phi) is 4.74. The highest BCUT2D eigenvalue weighted by atomic mass is 16.5. The van der Waals surface area contributed by atoms with E-state index in [9.17, 15) is 5.11 Å². The quantitative estimate of drug-likeness (QED) is 0.805. The smallest absolute Gasteiger partial charge is 0.0793 e. The standard InChI is InChI=1S/C15H28N2O2/c18-14(11-16-7-9-19-10-8-16)12-17-6-2-5-15(17)13-3-1-4-13/h13-15,18H,1-12H2. The van der Waals surface area contributed by atoms with Crippen molar-refractivity contribution < 1.29 is 9.84 Å². The van der Waals surface area contributed by atoms with Crippen molar-refractivity contribution in [2.75, 3.05) is 45.9 Å². The SMILES string of the molecule is OC(CN1CCOCC1)CN1CCCC1C1CCC1. The van der Waals surface area contributed by atoms with Crippen LogP contribution in [0.1, 0.15) is 32.1 Å². The number of hydrogen-bond donors (Lipinski definition) is 1. The van der Waals surface area contributed by atoms with E-state index in [1.807, 2.05) is 0 Å². The van der Waals surface area contributed by atoms with Crippen molar-refractivity contribution in [3.05, 3.63) is 0 Å². The molecule has 0 aromatic rings. The van der Waals surface area contributed by atoms with Crippen LogP contribution in [-0.4, -0.2) is 73.0 Å². The average molecular weight is 268 g/mol. The number of β-amino-alcohol motifs (C(OH)–C–C–N with tert-alkyl or cyclic N) is 1. The number of aliphatic hydroxyl groups is 1. The molecule has 2 heterocycles. The molecule has 4 nitrogen and oxygen atoms in total. The Morgan fingerprint density at radius 1 is 1.00 bits per heavy atom. The summed E-state index contributed by atoms with van der Waals surface area (Å²) in [7, 11) is 0. The maximum Gasteiger partial charge on any atom is 0.0793 e. The molecule has 2 atom stereocenters. The van der Waals surface area contributed by atoms with Crippen LogP contribution in [0.2, 0.25) is 0 Å². The van der Waals surface area contributed by atoms with Crippen molar-refractivity contribution in [3.8, 4) is 0 Å². The molecule has 110 valence electrons. The Balaban J connectivity index is 1.43. The van der Waals surface area contributed by atoms with E-state index in [2.05, 4.69) is 9.80 Å². The zero-order valence-corrected chi connectivity index (χ0v) is 12.0. The molecule has 0 aromatic carbocycles. The van der Waals surface area contributed by atoms with Crippen molar-refractivity contribution in [2.24, 2.45) is 5.92 Å². The summed E-state index contributed by atoms with van der Waals surface area (Å²) in [6, 6.07) is 0.771. The number of morpholine rings is 1. The van der Waals surface area contributed by atoms with Crippen LogP contribution in [0, 0.1) is 5.92 Å². The number of ether oxygens (including phenoxy) is 1. The number of rotatable bonds is 5. The lowest BCUT2D eigenvalue weighted by Gasteiger charge is -2.38. The van der Waals surface area contributed by atoms with Crippen LogP contribution in [0.3, 0.4) is 0 Å². The summed E-state index contributed by atoms with van der Waals surface area (Å²) in [5.74, 6) is 0.929. The number of likely N-dealkylation sites (tertiary alicyclic amines) is 1. The molecule has 2 unspecified atom stereocenters. The Morgan fingerprint density at radius 2 is 1.79 bits per heavy atom. The van der Waals surface area contributed by atoms with Crippen LogP contribution >= 0.6 is 0 Å². The summed E-state index contributed by atoms with van der Waals surface area (Å²) in [6.45, 7) is 6.48. The minimum Gasteiger partial charge on any atom is -0.390 e. The van der Waals surface area contributed by atoms with Crippen LogP contribution in [0.5, 0.6) is 0 Å². The van der Waals surface area contributed by atoms with Crippen LogP contribution < -0.4 is 0 Å². The fourth-order valence-corrected chi connectivity index (χ4v) is 3.85. The predicted octanol–water partition coefficient (Wildman–Crippen LogP) is 0.944. The summed E-state index contributed by atoms with van der Waals surface area (Å²) in [6.07, 6.45) is 6.74. The van der Waals surface area contributed by atoms with Crippen molar-refractivity contribution in [2.45, 2.75) is 44.2 Å². The first kappa shape index (κ1) is 13.8. The lowest BCUT2D eigenvalue weighted by Crippen LogP contribution is -2.47. The van der Waals surface area contributed by atoms with E-state index in [4.69, 9.17) is 4.74 Å². The van der Waals surface area contributed by atoms with Crippen molar-refractivity contribution in [1.82, 2.24) is 9.80 Å². The van der Waals surface area contributed by atoms with E-state index in [0.717, 1.165) is 51.4 Å². The molecule has 4 heteroatoms. The molecule has 1 N–H and O–H groups in total. The molecular formula is C15H28N2O2. The Morgan fingerprint density at radius 3 is 2.47 bits per heavy atom. The second kappa shape index (κ2) is 6.53. The van der Waals surface area contributed by atoms with Crippen LogP contribution in [0.25, 0.3) is 0 Å². The molecule has 2 aliphatic heterocycles. The molecule has 1 saturated carbocycles. The highest BCUT2D eigenvalue weighted by Gasteiger charge is 2.35. The molecule has 0 amide bonds. The van der Waals surface area contributed by atoms with E-state index in [0.29, 0.717) is 0 Å². The highest BCUT2D eigenvalue weighted by Crippen LogP contribution is 2.37. The molecule has 3 aliphatic rings. The van der Waals surface area contributed by atoms with E-state index in [-0.39, 0.29) is 6.10 Å². The summed E-state index contributed by atoms with van der Waals surface area (Å²) in [5, 5.41) is 10.3. The number of nitrogens with zero attached hydrogens (tertiary/aromatic N) is 2. The van der Waals surface area contributed by atoms with Gasteiger partial charge in [0.05, 0.1) is 19.3 Å². The average Bonchev–Trinajstić information content (AvgIpc) is 2.76. The summed E-state index contributed by atoms with van der Waals surface area (Å²) < 4.78 is 5.35. The molecule has 0 spiro atoms. The summed E-state index contributed by atoms with van der Waals surface area (Å²) >= 11 is 0. The first-order chi connectivity index (χ1) is 9.33. The van der Waals surface area contributed by atoms with Crippen LogP contribution in [0.4, 0.5) is 0 Å². The molecule has 19 heavy (non-hydrogen) atoms. The third kappa shape index (κ3) is 3.48. The number of aliphatic hydroxyl groups excluding tert-OH is 1. The molecule has 3 fully saturated rings. The van der Waals surface area contributed by atoms with Gasteiger partial charge in [0.15, 0.2) is 0 Å². The van der Waals surface area contributed by atoms with Gasteiger partial charge >= 0.3 is 0 Å². The largest absolute Gasteiger partial charge is 0.390 e. The van der Waals surface area contributed by atoms with E-state index < -0.39 is 0 Å². The van der Waals surface area contributed by atoms with Gasteiger partial charge in [0.2, 0.25) is 0 Å². The minimum absolute atomic E-state index is 0.196. The third-order valence-corrected chi connectivity index (χ3v) is 5.13. The molecule has 2 saturated heterocycles. The Hall–Kier alpha value is -0.160. The summed E-state index contributed by atoms with van der Waals surface area (Å²) in [5.41, 5.74) is 0. The molecule has 0 radical (unpaired) electrons. The van der Waals surface area contributed by atoms with Crippen molar-refractivity contribution >= 4 is 0 Å². The zero-order chi connectivity index (χ0) is 13.1. The van der Waals surface area contributed by atoms with Gasteiger partial charge in [-0.1, -0.05) is 6.42 Å². The minimum atomic E-state index is -0.196. The van der Waals surface area contributed by atoms with Gasteiger partial charge in [-0.2, -0.15) is 0 Å². The summed E-state index contributed by atoms with van der Waals surface area (Å²) in [4.78, 5) is 4.90. The Labute approximate surface area is 116 Å². The first-order valence-electron chi connectivity index (χ1n) is 8.05. The second-order valence-electron chi connectivity index (χ2n) is 6.46. The van der Waals surface area contributed by atoms with Gasteiger partial charge in [-0.15, -0.1) is 0 Å². The van der Waals surface area contributed by atoms with Gasteiger partial charge in [0.25, 0.3) is 0 Å². The molecule has 0 aromatic heterocycles. The van der Waals surface area contributed by atoms with Gasteiger partial charge < -0.3 is 9.84 Å². The van der Waals surface area contributed by atoms with Gasteiger partial charge in [-0.3, -0.25) is 9.80 Å². The molecule has 0 bridgehead atoms. The fourth-order valence-electron chi connectivity index (χ4n) is 3.85. The van der Waals surface area contributed by atoms with Gasteiger partial charge in [-0.25, -0.2) is 0 Å². The van der Waals surface area contributed by atoms with Gasteiger partial charge in [-0.05, 0) is 38.1 Å². The molecule has 3 rings (SSSR count). The predicted molar refractivity (Wildman–Crippen MR) is 75.2 cm³/mol. The van der Waals surface area contributed by atoms with E-state index >= 15 is 0 Å². The van der Waals surface area contributed by atoms with E-state index in [1.54, 1.807) is 0 Å². The molecular weight excluding hydrogens is 240 g/mol. The van der Waals surface area contributed by atoms with Crippen molar-refractivity contribution in [1.29, 1.82) is 0 Å². The highest BCUT2D eigenvalue weighted by molar-refractivity contribution is 4.90. The van der Waals surface area contributed by atoms with Crippen LogP contribution in [0.15, 0.2) is 0 Å². The monoisotopic (exact) mass is 268 g/mol. The maximum absolute atomic E-state index is 10.3. The number of hydrogen-bond acceptors (Lipinski definition) is 4. The van der Waals surface area contributed by atoms with Crippen LogP contribution in [-0.2, 0) is 4.74 Å². The third-order valence-electron chi connectivity index (χ3n) is 5.13. The van der Waals surface area contributed by atoms with Gasteiger partial charge in [0.1, 0.15) is 0 Å². The maximum atomic E-state index is 10.3. The molecule has 1 aliphatic carbocycles. The lowest BCUT2D eigenvalue weighted by atomic mass is 9.79. The van der Waals surface area contributed by atoms with Gasteiger partial charge in [0, 0.05) is 32.2 Å². The van der Waals surface area contributed by atoms with E-state index in [1.165, 1.54) is 38.6 Å². The Bertz CT molecular complexity index is 277. The first-order valence-corrected chi connectivity index (χ1v) is 8.05.